The largest absolute Gasteiger partial charge is 0.324 e. The van der Waals surface area contributed by atoms with Crippen LogP contribution in [0.2, 0.25) is 5.02 Å². The quantitative estimate of drug-likeness (QED) is 0.526. The number of carbonyl (C=O) groups is 1. The molecular formula is C10H12ClN3O. The van der Waals surface area contributed by atoms with Crippen LogP contribution in [0.15, 0.2) is 24.3 Å². The van der Waals surface area contributed by atoms with E-state index >= 15 is 0 Å². The van der Waals surface area contributed by atoms with E-state index in [1.165, 1.54) is 0 Å². The first-order valence-corrected chi connectivity index (χ1v) is 4.90. The highest BCUT2D eigenvalue weighted by atomic mass is 35.5. The number of halogens is 1. The fraction of sp³-hybridized carbons (Fsp3) is 0.200. The molecule has 0 atom stereocenters. The van der Waals surface area contributed by atoms with Crippen molar-refractivity contribution < 1.29 is 4.79 Å². The molecule has 0 heterocycles. The highest BCUT2D eigenvalue weighted by molar-refractivity contribution is 6.30. The van der Waals surface area contributed by atoms with Crippen LogP contribution in [0.25, 0.3) is 0 Å². The molecule has 5 heteroatoms. The molecule has 3 N–H and O–H groups in total. The van der Waals surface area contributed by atoms with Gasteiger partial charge < -0.3 is 5.32 Å². The second kappa shape index (κ2) is 5.36. The Morgan fingerprint density at radius 1 is 1.40 bits per heavy atom. The van der Waals surface area contributed by atoms with Crippen LogP contribution in [0.3, 0.4) is 0 Å². The molecule has 0 aromatic heterocycles. The Morgan fingerprint density at radius 2 is 2.00 bits per heavy atom. The first kappa shape index (κ1) is 11.5. The van der Waals surface area contributed by atoms with E-state index in [9.17, 15) is 4.79 Å². The van der Waals surface area contributed by atoms with Gasteiger partial charge in [0.2, 0.25) is 0 Å². The van der Waals surface area contributed by atoms with Crippen molar-refractivity contribution in [2.45, 2.75) is 13.3 Å². The summed E-state index contributed by atoms with van der Waals surface area (Å²) in [5.74, 6) is 0.182. The minimum Gasteiger partial charge on any atom is -0.308 e. The number of urea groups is 1. The molecule has 0 aliphatic heterocycles. The Balaban J connectivity index is 2.51. The van der Waals surface area contributed by atoms with Crippen LogP contribution in [0.4, 0.5) is 10.5 Å². The molecule has 80 valence electrons. The average molecular weight is 226 g/mol. The SMILES string of the molecule is CCC(=N)NC(=O)Nc1ccc(Cl)cc1. The zero-order valence-corrected chi connectivity index (χ0v) is 9.06. The van der Waals surface area contributed by atoms with Crippen LogP contribution in [-0.4, -0.2) is 11.9 Å². The Labute approximate surface area is 93.1 Å². The summed E-state index contributed by atoms with van der Waals surface area (Å²) >= 11 is 5.69. The van der Waals surface area contributed by atoms with Gasteiger partial charge in [0.15, 0.2) is 0 Å². The molecule has 0 fully saturated rings. The van der Waals surface area contributed by atoms with Crippen molar-refractivity contribution in [2.24, 2.45) is 0 Å². The molecule has 1 rings (SSSR count). The number of amidine groups is 1. The van der Waals surface area contributed by atoms with E-state index in [0.29, 0.717) is 17.1 Å². The first-order chi connectivity index (χ1) is 7.11. The fourth-order valence-electron chi connectivity index (χ4n) is 0.921. The van der Waals surface area contributed by atoms with Gasteiger partial charge >= 0.3 is 6.03 Å². The lowest BCUT2D eigenvalue weighted by Crippen LogP contribution is -2.33. The van der Waals surface area contributed by atoms with Gasteiger partial charge in [0.05, 0.1) is 0 Å². The maximum Gasteiger partial charge on any atom is 0.324 e. The van der Waals surface area contributed by atoms with Crippen LogP contribution < -0.4 is 10.6 Å². The van der Waals surface area contributed by atoms with Gasteiger partial charge in [0.1, 0.15) is 5.84 Å². The monoisotopic (exact) mass is 225 g/mol. The summed E-state index contributed by atoms with van der Waals surface area (Å²) in [6, 6.07) is 6.34. The zero-order chi connectivity index (χ0) is 11.3. The highest BCUT2D eigenvalue weighted by Gasteiger charge is 2.02. The predicted molar refractivity (Wildman–Crippen MR) is 61.6 cm³/mol. The molecule has 0 bridgehead atoms. The third kappa shape index (κ3) is 3.99. The smallest absolute Gasteiger partial charge is 0.308 e. The molecule has 0 radical (unpaired) electrons. The van der Waals surface area contributed by atoms with E-state index in [2.05, 4.69) is 10.6 Å². The molecule has 2 amide bonds. The topological polar surface area (TPSA) is 65.0 Å². The van der Waals surface area contributed by atoms with Gasteiger partial charge in [-0.25, -0.2) is 4.79 Å². The molecule has 0 aliphatic rings. The second-order valence-corrected chi connectivity index (χ2v) is 3.35. The fourth-order valence-corrected chi connectivity index (χ4v) is 1.05. The number of nitrogens with one attached hydrogen (secondary N) is 3. The third-order valence-electron chi connectivity index (χ3n) is 1.72. The van der Waals surface area contributed by atoms with Gasteiger partial charge in [-0.1, -0.05) is 18.5 Å². The predicted octanol–water partition coefficient (Wildman–Crippen LogP) is 2.85. The van der Waals surface area contributed by atoms with E-state index in [1.807, 2.05) is 0 Å². The van der Waals surface area contributed by atoms with Gasteiger partial charge in [0, 0.05) is 17.1 Å². The van der Waals surface area contributed by atoms with Crippen molar-refractivity contribution in [2.75, 3.05) is 5.32 Å². The number of rotatable bonds is 2. The van der Waals surface area contributed by atoms with Gasteiger partial charge in [-0.05, 0) is 24.3 Å². The molecule has 1 aromatic rings. The molecule has 0 saturated heterocycles. The molecule has 15 heavy (non-hydrogen) atoms. The summed E-state index contributed by atoms with van der Waals surface area (Å²) < 4.78 is 0. The van der Waals surface area contributed by atoms with Gasteiger partial charge in [-0.3, -0.25) is 10.7 Å². The summed E-state index contributed by atoms with van der Waals surface area (Å²) in [5.41, 5.74) is 0.640. The van der Waals surface area contributed by atoms with E-state index in [-0.39, 0.29) is 5.84 Å². The molecule has 0 unspecified atom stereocenters. The van der Waals surface area contributed by atoms with Gasteiger partial charge in [-0.15, -0.1) is 0 Å². The minimum absolute atomic E-state index is 0.182. The van der Waals surface area contributed by atoms with Gasteiger partial charge in [0.25, 0.3) is 0 Å². The van der Waals surface area contributed by atoms with Crippen LogP contribution in [0.5, 0.6) is 0 Å². The highest BCUT2D eigenvalue weighted by Crippen LogP contribution is 2.12. The Bertz CT molecular complexity index is 361. The minimum atomic E-state index is -0.413. The summed E-state index contributed by atoms with van der Waals surface area (Å²) in [5, 5.41) is 12.9. The van der Waals surface area contributed by atoms with Crippen molar-refractivity contribution in [1.82, 2.24) is 5.32 Å². The van der Waals surface area contributed by atoms with Gasteiger partial charge in [-0.2, -0.15) is 0 Å². The normalized spacial score (nSPS) is 9.47. The molecule has 1 aromatic carbocycles. The molecule has 0 saturated carbocycles. The Hall–Kier alpha value is -1.55. The summed E-state index contributed by atoms with van der Waals surface area (Å²) in [7, 11) is 0. The zero-order valence-electron chi connectivity index (χ0n) is 8.30. The lowest BCUT2D eigenvalue weighted by Gasteiger charge is -2.06. The summed E-state index contributed by atoms with van der Waals surface area (Å²) in [6.45, 7) is 1.80. The van der Waals surface area contributed by atoms with E-state index < -0.39 is 6.03 Å². The number of anilines is 1. The average Bonchev–Trinajstić information content (AvgIpc) is 2.21. The number of benzene rings is 1. The maximum absolute atomic E-state index is 11.3. The Morgan fingerprint density at radius 3 is 2.53 bits per heavy atom. The summed E-state index contributed by atoms with van der Waals surface area (Å²) in [4.78, 5) is 11.3. The lowest BCUT2D eigenvalue weighted by molar-refractivity contribution is 0.256. The number of amides is 2. The van der Waals surface area contributed by atoms with Crippen molar-refractivity contribution in [3.05, 3.63) is 29.3 Å². The van der Waals surface area contributed by atoms with E-state index in [4.69, 9.17) is 17.0 Å². The standard InChI is InChI=1S/C10H12ClN3O/c1-2-9(12)14-10(15)13-8-5-3-7(11)4-6-8/h3-6H,2H2,1H3,(H3,12,13,14,15). The van der Waals surface area contributed by atoms with Crippen molar-refractivity contribution in [1.29, 1.82) is 5.41 Å². The lowest BCUT2D eigenvalue weighted by atomic mass is 10.3. The van der Waals surface area contributed by atoms with E-state index in [0.717, 1.165) is 0 Å². The number of carbonyl (C=O) groups excluding carboxylic acids is 1. The molecular weight excluding hydrogens is 214 g/mol. The Kier molecular flexibility index (Phi) is 4.12. The molecule has 4 nitrogen and oxygen atoms in total. The van der Waals surface area contributed by atoms with Crippen LogP contribution in [0.1, 0.15) is 13.3 Å². The number of hydrogen-bond acceptors (Lipinski definition) is 2. The van der Waals surface area contributed by atoms with Crippen LogP contribution in [0, 0.1) is 5.41 Å². The van der Waals surface area contributed by atoms with E-state index in [1.54, 1.807) is 31.2 Å². The third-order valence-corrected chi connectivity index (χ3v) is 1.97. The molecule has 0 spiro atoms. The van der Waals surface area contributed by atoms with Crippen LogP contribution >= 0.6 is 11.6 Å². The van der Waals surface area contributed by atoms with Crippen LogP contribution in [-0.2, 0) is 0 Å². The number of hydrogen-bond donors (Lipinski definition) is 3. The van der Waals surface area contributed by atoms with Crippen molar-refractivity contribution in [3.8, 4) is 0 Å². The van der Waals surface area contributed by atoms with Crippen molar-refractivity contribution >= 4 is 29.2 Å². The molecule has 0 aliphatic carbocycles. The first-order valence-electron chi connectivity index (χ1n) is 4.53. The van der Waals surface area contributed by atoms with Crippen molar-refractivity contribution in [3.63, 3.8) is 0 Å². The second-order valence-electron chi connectivity index (χ2n) is 2.92. The summed E-state index contributed by atoms with van der Waals surface area (Å²) in [6.07, 6.45) is 0.494. The maximum atomic E-state index is 11.3.